The molecule has 0 bridgehead atoms. The van der Waals surface area contributed by atoms with Crippen molar-refractivity contribution in [2.75, 3.05) is 12.3 Å². The summed E-state index contributed by atoms with van der Waals surface area (Å²) in [7, 11) is 0. The topological polar surface area (TPSA) is 42.2 Å². The van der Waals surface area contributed by atoms with E-state index in [1.54, 1.807) is 0 Å². The SMILES string of the molecule is CCC1CCCCCN1Cc1ncccc1N. The van der Waals surface area contributed by atoms with Gasteiger partial charge in [-0.3, -0.25) is 9.88 Å². The normalized spacial score (nSPS) is 22.3. The van der Waals surface area contributed by atoms with Crippen LogP contribution in [-0.2, 0) is 6.54 Å². The highest BCUT2D eigenvalue weighted by molar-refractivity contribution is 5.41. The largest absolute Gasteiger partial charge is 0.397 e. The van der Waals surface area contributed by atoms with Gasteiger partial charge in [0.15, 0.2) is 0 Å². The van der Waals surface area contributed by atoms with Crippen LogP contribution in [0.3, 0.4) is 0 Å². The third-order valence-electron chi connectivity index (χ3n) is 3.75. The molecule has 1 aromatic heterocycles. The second-order valence-electron chi connectivity index (χ2n) is 4.92. The van der Waals surface area contributed by atoms with Gasteiger partial charge in [0, 0.05) is 18.8 Å². The van der Waals surface area contributed by atoms with Crippen molar-refractivity contribution in [2.45, 2.75) is 51.6 Å². The van der Waals surface area contributed by atoms with Gasteiger partial charge in [-0.2, -0.15) is 0 Å². The number of aromatic nitrogens is 1. The van der Waals surface area contributed by atoms with E-state index >= 15 is 0 Å². The molecule has 0 amide bonds. The van der Waals surface area contributed by atoms with Gasteiger partial charge < -0.3 is 5.73 Å². The van der Waals surface area contributed by atoms with Crippen LogP contribution >= 0.6 is 0 Å². The van der Waals surface area contributed by atoms with Crippen molar-refractivity contribution in [2.24, 2.45) is 0 Å². The Labute approximate surface area is 104 Å². The maximum Gasteiger partial charge on any atom is 0.0772 e. The van der Waals surface area contributed by atoms with E-state index in [-0.39, 0.29) is 0 Å². The highest BCUT2D eigenvalue weighted by atomic mass is 15.2. The summed E-state index contributed by atoms with van der Waals surface area (Å²) in [6.07, 6.45) is 8.43. The summed E-state index contributed by atoms with van der Waals surface area (Å²) in [5.41, 5.74) is 7.84. The number of nitrogens with zero attached hydrogens (tertiary/aromatic N) is 2. The molecule has 1 aliphatic heterocycles. The van der Waals surface area contributed by atoms with Gasteiger partial charge in [0.05, 0.1) is 11.4 Å². The number of rotatable bonds is 3. The molecule has 1 atom stereocenters. The summed E-state index contributed by atoms with van der Waals surface area (Å²) in [4.78, 5) is 6.97. The molecule has 0 spiro atoms. The summed E-state index contributed by atoms with van der Waals surface area (Å²) in [6.45, 7) is 4.38. The number of hydrogen-bond donors (Lipinski definition) is 1. The first-order valence-corrected chi connectivity index (χ1v) is 6.74. The Kier molecular flexibility index (Phi) is 4.37. The molecule has 1 saturated heterocycles. The summed E-state index contributed by atoms with van der Waals surface area (Å²) in [6, 6.07) is 4.55. The zero-order valence-corrected chi connectivity index (χ0v) is 10.7. The minimum absolute atomic E-state index is 0.707. The molecule has 2 heterocycles. The van der Waals surface area contributed by atoms with Crippen LogP contribution in [0.5, 0.6) is 0 Å². The highest BCUT2D eigenvalue weighted by Gasteiger charge is 2.20. The number of nitrogens with two attached hydrogens (primary N) is 1. The smallest absolute Gasteiger partial charge is 0.0772 e. The Morgan fingerprint density at radius 2 is 2.29 bits per heavy atom. The van der Waals surface area contributed by atoms with Crippen LogP contribution in [0, 0.1) is 0 Å². The lowest BCUT2D eigenvalue weighted by Gasteiger charge is -2.29. The van der Waals surface area contributed by atoms with Crippen molar-refractivity contribution < 1.29 is 0 Å². The Morgan fingerprint density at radius 3 is 3.06 bits per heavy atom. The van der Waals surface area contributed by atoms with Gasteiger partial charge in [-0.05, 0) is 37.9 Å². The van der Waals surface area contributed by atoms with Crippen molar-refractivity contribution in [3.8, 4) is 0 Å². The number of nitrogen functional groups attached to an aromatic ring is 1. The third kappa shape index (κ3) is 3.19. The lowest BCUT2D eigenvalue weighted by atomic mass is 10.1. The molecule has 0 saturated carbocycles. The van der Waals surface area contributed by atoms with Crippen LogP contribution in [0.1, 0.15) is 44.7 Å². The Bertz CT molecular complexity index is 351. The van der Waals surface area contributed by atoms with E-state index in [1.807, 2.05) is 18.3 Å². The van der Waals surface area contributed by atoms with E-state index in [2.05, 4.69) is 16.8 Å². The molecule has 2 N–H and O–H groups in total. The van der Waals surface area contributed by atoms with Gasteiger partial charge in [0.2, 0.25) is 0 Å². The first-order valence-electron chi connectivity index (χ1n) is 6.74. The zero-order valence-electron chi connectivity index (χ0n) is 10.7. The molecule has 0 aromatic carbocycles. The second kappa shape index (κ2) is 6.01. The number of hydrogen-bond acceptors (Lipinski definition) is 3. The van der Waals surface area contributed by atoms with Gasteiger partial charge in [-0.1, -0.05) is 19.8 Å². The standard InChI is InChI=1S/C14H23N3/c1-2-12-7-4-3-5-10-17(12)11-14-13(15)8-6-9-16-14/h6,8-9,12H,2-5,7,10-11,15H2,1H3. The average molecular weight is 233 g/mol. The van der Waals surface area contributed by atoms with E-state index in [0.717, 1.165) is 17.9 Å². The maximum absolute atomic E-state index is 5.97. The van der Waals surface area contributed by atoms with E-state index in [9.17, 15) is 0 Å². The number of likely N-dealkylation sites (tertiary alicyclic amines) is 1. The molecule has 0 aliphatic carbocycles. The number of pyridine rings is 1. The minimum atomic E-state index is 0.707. The van der Waals surface area contributed by atoms with Gasteiger partial charge in [0.1, 0.15) is 0 Å². The van der Waals surface area contributed by atoms with Crippen LogP contribution in [-0.4, -0.2) is 22.5 Å². The molecule has 2 rings (SSSR count). The Morgan fingerprint density at radius 1 is 1.41 bits per heavy atom. The van der Waals surface area contributed by atoms with Gasteiger partial charge >= 0.3 is 0 Å². The fourth-order valence-corrected chi connectivity index (χ4v) is 2.68. The Balaban J connectivity index is 2.07. The van der Waals surface area contributed by atoms with Crippen LogP contribution in [0.15, 0.2) is 18.3 Å². The van der Waals surface area contributed by atoms with Crippen molar-refractivity contribution in [1.82, 2.24) is 9.88 Å². The van der Waals surface area contributed by atoms with Crippen molar-refractivity contribution in [1.29, 1.82) is 0 Å². The van der Waals surface area contributed by atoms with Gasteiger partial charge in [0.25, 0.3) is 0 Å². The lowest BCUT2D eigenvalue weighted by molar-refractivity contribution is 0.184. The molecule has 1 unspecified atom stereocenters. The summed E-state index contributed by atoms with van der Waals surface area (Å²) < 4.78 is 0. The monoisotopic (exact) mass is 233 g/mol. The molecular formula is C14H23N3. The lowest BCUT2D eigenvalue weighted by Crippen LogP contribution is -2.34. The van der Waals surface area contributed by atoms with Gasteiger partial charge in [-0.15, -0.1) is 0 Å². The van der Waals surface area contributed by atoms with Crippen LogP contribution in [0.2, 0.25) is 0 Å². The molecule has 1 fully saturated rings. The van der Waals surface area contributed by atoms with Gasteiger partial charge in [-0.25, -0.2) is 0 Å². The molecule has 3 nitrogen and oxygen atoms in total. The summed E-state index contributed by atoms with van der Waals surface area (Å²) in [5, 5.41) is 0. The van der Waals surface area contributed by atoms with Crippen LogP contribution in [0.4, 0.5) is 5.69 Å². The zero-order chi connectivity index (χ0) is 12.1. The van der Waals surface area contributed by atoms with E-state index < -0.39 is 0 Å². The molecule has 1 aromatic rings. The van der Waals surface area contributed by atoms with Crippen molar-refractivity contribution in [3.05, 3.63) is 24.0 Å². The predicted molar refractivity (Wildman–Crippen MR) is 71.6 cm³/mol. The summed E-state index contributed by atoms with van der Waals surface area (Å²) in [5.74, 6) is 0. The van der Waals surface area contributed by atoms with E-state index in [0.29, 0.717) is 6.04 Å². The molecule has 94 valence electrons. The molecule has 3 heteroatoms. The van der Waals surface area contributed by atoms with Crippen molar-refractivity contribution >= 4 is 5.69 Å². The quantitative estimate of drug-likeness (QED) is 0.873. The molecular weight excluding hydrogens is 210 g/mol. The minimum Gasteiger partial charge on any atom is -0.397 e. The average Bonchev–Trinajstić information content (AvgIpc) is 2.57. The third-order valence-corrected chi connectivity index (χ3v) is 3.75. The Hall–Kier alpha value is -1.09. The van der Waals surface area contributed by atoms with E-state index in [1.165, 1.54) is 38.6 Å². The van der Waals surface area contributed by atoms with Crippen LogP contribution < -0.4 is 5.73 Å². The molecule has 0 radical (unpaired) electrons. The van der Waals surface area contributed by atoms with Crippen LogP contribution in [0.25, 0.3) is 0 Å². The fraction of sp³-hybridized carbons (Fsp3) is 0.643. The maximum atomic E-state index is 5.97. The molecule has 1 aliphatic rings. The number of anilines is 1. The second-order valence-corrected chi connectivity index (χ2v) is 4.92. The highest BCUT2D eigenvalue weighted by Crippen LogP contribution is 2.22. The first-order chi connectivity index (χ1) is 8.31. The predicted octanol–water partition coefficient (Wildman–Crippen LogP) is 2.82. The van der Waals surface area contributed by atoms with E-state index in [4.69, 9.17) is 5.73 Å². The fourth-order valence-electron chi connectivity index (χ4n) is 2.68. The molecule has 17 heavy (non-hydrogen) atoms. The first kappa shape index (κ1) is 12.4. The summed E-state index contributed by atoms with van der Waals surface area (Å²) >= 11 is 0. The van der Waals surface area contributed by atoms with Crippen molar-refractivity contribution in [3.63, 3.8) is 0 Å².